The first-order valence-corrected chi connectivity index (χ1v) is 6.71. The van der Waals surface area contributed by atoms with E-state index in [2.05, 4.69) is 21.2 Å². The Morgan fingerprint density at radius 2 is 2.28 bits per heavy atom. The number of benzene rings is 1. The van der Waals surface area contributed by atoms with Crippen molar-refractivity contribution in [3.8, 4) is 0 Å². The van der Waals surface area contributed by atoms with Crippen LogP contribution in [0.2, 0.25) is 0 Å². The summed E-state index contributed by atoms with van der Waals surface area (Å²) < 4.78 is 13.3. The number of aliphatic hydroxyl groups excluding tert-OH is 1. The molecule has 0 saturated heterocycles. The van der Waals surface area contributed by atoms with Crippen LogP contribution < -0.4 is 5.32 Å². The first-order valence-electron chi connectivity index (χ1n) is 5.91. The van der Waals surface area contributed by atoms with Crippen LogP contribution in [0.3, 0.4) is 0 Å². The summed E-state index contributed by atoms with van der Waals surface area (Å²) in [5.41, 5.74) is 0.728. The topological polar surface area (TPSA) is 49.3 Å². The summed E-state index contributed by atoms with van der Waals surface area (Å²) in [6, 6.07) is 4.47. The molecule has 0 saturated carbocycles. The van der Waals surface area contributed by atoms with E-state index in [1.807, 2.05) is 6.92 Å². The molecule has 5 heteroatoms. The lowest BCUT2D eigenvalue weighted by Crippen LogP contribution is -2.33. The van der Waals surface area contributed by atoms with Crippen molar-refractivity contribution in [3.05, 3.63) is 34.1 Å². The third-order valence-corrected chi connectivity index (χ3v) is 3.11. The minimum absolute atomic E-state index is 0.177. The second-order valence-electron chi connectivity index (χ2n) is 4.17. The van der Waals surface area contributed by atoms with E-state index in [-0.39, 0.29) is 24.7 Å². The van der Waals surface area contributed by atoms with E-state index in [0.29, 0.717) is 10.9 Å². The molecular formula is C13H17BrFNO2. The summed E-state index contributed by atoms with van der Waals surface area (Å²) in [7, 11) is 0. The van der Waals surface area contributed by atoms with Gasteiger partial charge >= 0.3 is 0 Å². The van der Waals surface area contributed by atoms with Gasteiger partial charge in [-0.25, -0.2) is 4.39 Å². The van der Waals surface area contributed by atoms with Crippen molar-refractivity contribution in [1.82, 2.24) is 5.32 Å². The van der Waals surface area contributed by atoms with Crippen LogP contribution in [0, 0.1) is 5.82 Å². The molecule has 0 bridgehead atoms. The summed E-state index contributed by atoms with van der Waals surface area (Å²) in [6.45, 7) is 2.23. The van der Waals surface area contributed by atoms with Crippen molar-refractivity contribution in [1.29, 1.82) is 0 Å². The van der Waals surface area contributed by atoms with Gasteiger partial charge in [0.2, 0.25) is 5.91 Å². The van der Waals surface area contributed by atoms with Gasteiger partial charge in [0, 0.05) is 6.54 Å². The molecule has 1 amide bonds. The average Bonchev–Trinajstić information content (AvgIpc) is 2.32. The number of nitrogens with one attached hydrogen (secondary N) is 1. The summed E-state index contributed by atoms with van der Waals surface area (Å²) in [4.78, 5) is 11.6. The number of carbonyl (C=O) groups is 1. The maximum atomic E-state index is 13.0. The fraction of sp³-hybridized carbons (Fsp3) is 0.462. The fourth-order valence-corrected chi connectivity index (χ4v) is 1.99. The zero-order valence-electron chi connectivity index (χ0n) is 10.2. The number of carbonyl (C=O) groups excluding carboxylic acids is 1. The highest BCUT2D eigenvalue weighted by Crippen LogP contribution is 2.17. The van der Waals surface area contributed by atoms with Gasteiger partial charge in [-0.2, -0.15) is 0 Å². The van der Waals surface area contributed by atoms with E-state index in [1.54, 1.807) is 12.1 Å². The third-order valence-electron chi connectivity index (χ3n) is 2.51. The molecule has 18 heavy (non-hydrogen) atoms. The van der Waals surface area contributed by atoms with Crippen LogP contribution in [0.15, 0.2) is 22.7 Å². The standard InChI is InChI=1S/C13H17BrFNO2/c1-2-3-10(17)8-16-13(18)7-9-4-5-12(15)11(14)6-9/h4-6,10,17H,2-3,7-8H2,1H3,(H,16,18). The molecule has 0 heterocycles. The largest absolute Gasteiger partial charge is 0.391 e. The van der Waals surface area contributed by atoms with Crippen molar-refractivity contribution in [2.45, 2.75) is 32.3 Å². The van der Waals surface area contributed by atoms with E-state index in [0.717, 1.165) is 12.0 Å². The van der Waals surface area contributed by atoms with Crippen molar-refractivity contribution >= 4 is 21.8 Å². The maximum absolute atomic E-state index is 13.0. The van der Waals surface area contributed by atoms with E-state index in [4.69, 9.17) is 0 Å². The number of hydrogen-bond acceptors (Lipinski definition) is 2. The molecule has 1 atom stereocenters. The second kappa shape index (κ2) is 7.48. The Balaban J connectivity index is 2.42. The number of amides is 1. The Morgan fingerprint density at radius 3 is 2.89 bits per heavy atom. The van der Waals surface area contributed by atoms with Crippen molar-refractivity contribution in [2.24, 2.45) is 0 Å². The van der Waals surface area contributed by atoms with Gasteiger partial charge in [-0.3, -0.25) is 4.79 Å². The first kappa shape index (κ1) is 15.1. The molecule has 0 aromatic heterocycles. The Kier molecular flexibility index (Phi) is 6.29. The number of aliphatic hydroxyl groups is 1. The molecule has 1 rings (SSSR count). The smallest absolute Gasteiger partial charge is 0.224 e. The molecule has 2 N–H and O–H groups in total. The summed E-state index contributed by atoms with van der Waals surface area (Å²) in [5.74, 6) is -0.527. The predicted molar refractivity (Wildman–Crippen MR) is 71.7 cm³/mol. The Hall–Kier alpha value is -0.940. The van der Waals surface area contributed by atoms with Crippen LogP contribution in [0.1, 0.15) is 25.3 Å². The number of hydrogen-bond donors (Lipinski definition) is 2. The summed E-state index contributed by atoms with van der Waals surface area (Å²) in [6.07, 6.45) is 1.22. The van der Waals surface area contributed by atoms with Gasteiger partial charge in [0.05, 0.1) is 17.0 Å². The molecule has 100 valence electrons. The molecule has 1 aromatic carbocycles. The molecule has 0 spiro atoms. The Morgan fingerprint density at radius 1 is 1.56 bits per heavy atom. The lowest BCUT2D eigenvalue weighted by Gasteiger charge is -2.10. The molecule has 0 aliphatic rings. The van der Waals surface area contributed by atoms with Crippen molar-refractivity contribution in [2.75, 3.05) is 6.54 Å². The zero-order chi connectivity index (χ0) is 13.5. The molecule has 0 aliphatic heterocycles. The van der Waals surface area contributed by atoms with Gasteiger partial charge in [0.15, 0.2) is 0 Å². The van der Waals surface area contributed by atoms with E-state index in [9.17, 15) is 14.3 Å². The second-order valence-corrected chi connectivity index (χ2v) is 5.03. The highest BCUT2D eigenvalue weighted by Gasteiger charge is 2.08. The minimum Gasteiger partial charge on any atom is -0.391 e. The van der Waals surface area contributed by atoms with E-state index in [1.165, 1.54) is 6.07 Å². The number of rotatable bonds is 6. The SMILES string of the molecule is CCCC(O)CNC(=O)Cc1ccc(F)c(Br)c1. The van der Waals surface area contributed by atoms with Crippen LogP contribution in [-0.4, -0.2) is 23.7 Å². The molecule has 1 unspecified atom stereocenters. The molecule has 1 aromatic rings. The maximum Gasteiger partial charge on any atom is 0.224 e. The van der Waals surface area contributed by atoms with Crippen molar-refractivity contribution in [3.63, 3.8) is 0 Å². The van der Waals surface area contributed by atoms with E-state index >= 15 is 0 Å². The monoisotopic (exact) mass is 317 g/mol. The summed E-state index contributed by atoms with van der Waals surface area (Å²) in [5, 5.41) is 12.1. The van der Waals surface area contributed by atoms with Crippen LogP contribution in [-0.2, 0) is 11.2 Å². The summed E-state index contributed by atoms with van der Waals surface area (Å²) >= 11 is 3.07. The normalized spacial score (nSPS) is 12.2. The molecule has 0 fully saturated rings. The predicted octanol–water partition coefficient (Wildman–Crippen LogP) is 2.41. The van der Waals surface area contributed by atoms with Crippen LogP contribution >= 0.6 is 15.9 Å². The first-order chi connectivity index (χ1) is 8.52. The van der Waals surface area contributed by atoms with Crippen LogP contribution in [0.5, 0.6) is 0 Å². The molecule has 0 radical (unpaired) electrons. The van der Waals surface area contributed by atoms with E-state index < -0.39 is 6.10 Å². The minimum atomic E-state index is -0.501. The highest BCUT2D eigenvalue weighted by molar-refractivity contribution is 9.10. The average molecular weight is 318 g/mol. The van der Waals surface area contributed by atoms with Crippen LogP contribution in [0.4, 0.5) is 4.39 Å². The number of halogens is 2. The molecule has 0 aliphatic carbocycles. The highest BCUT2D eigenvalue weighted by atomic mass is 79.9. The van der Waals surface area contributed by atoms with Gasteiger partial charge < -0.3 is 10.4 Å². The van der Waals surface area contributed by atoms with Gasteiger partial charge in [-0.05, 0) is 40.0 Å². The van der Waals surface area contributed by atoms with Gasteiger partial charge in [0.1, 0.15) is 5.82 Å². The lowest BCUT2D eigenvalue weighted by atomic mass is 10.1. The van der Waals surface area contributed by atoms with Gasteiger partial charge in [0.25, 0.3) is 0 Å². The Bertz CT molecular complexity index is 412. The van der Waals surface area contributed by atoms with Gasteiger partial charge in [-0.15, -0.1) is 0 Å². The fourth-order valence-electron chi connectivity index (χ4n) is 1.56. The van der Waals surface area contributed by atoms with Gasteiger partial charge in [-0.1, -0.05) is 19.4 Å². The third kappa shape index (κ3) is 5.14. The van der Waals surface area contributed by atoms with Crippen LogP contribution in [0.25, 0.3) is 0 Å². The Labute approximate surface area is 115 Å². The quantitative estimate of drug-likeness (QED) is 0.846. The zero-order valence-corrected chi connectivity index (χ0v) is 11.8. The molecular weight excluding hydrogens is 301 g/mol. The molecule has 3 nitrogen and oxygen atoms in total. The van der Waals surface area contributed by atoms with Crippen molar-refractivity contribution < 1.29 is 14.3 Å². The lowest BCUT2D eigenvalue weighted by molar-refractivity contribution is -0.120.